The van der Waals surface area contributed by atoms with Gasteiger partial charge in [-0.25, -0.2) is 4.79 Å². The fourth-order valence-electron chi connectivity index (χ4n) is 3.13. The van der Waals surface area contributed by atoms with E-state index >= 15 is 0 Å². The lowest BCUT2D eigenvalue weighted by molar-refractivity contribution is -0.384. The molecular formula is C20H30N6O4. The van der Waals surface area contributed by atoms with Crippen LogP contribution in [0.2, 0.25) is 0 Å². The molecule has 1 aromatic heterocycles. The Morgan fingerprint density at radius 2 is 1.70 bits per heavy atom. The molecule has 0 saturated carbocycles. The predicted octanol–water partition coefficient (Wildman–Crippen LogP) is 1.62. The van der Waals surface area contributed by atoms with Gasteiger partial charge < -0.3 is 15.5 Å². The maximum atomic E-state index is 12.0. The molecule has 2 aromatic rings. The van der Waals surface area contributed by atoms with Crippen LogP contribution in [0.15, 0.2) is 39.9 Å². The molecule has 10 heteroatoms. The third-order valence-electron chi connectivity index (χ3n) is 4.86. The highest BCUT2D eigenvalue weighted by molar-refractivity contribution is 5.48. The van der Waals surface area contributed by atoms with Gasteiger partial charge in [-0.05, 0) is 38.1 Å². The second kappa shape index (κ2) is 11.1. The predicted molar refractivity (Wildman–Crippen MR) is 118 cm³/mol. The first kappa shape index (κ1) is 23.1. The van der Waals surface area contributed by atoms with E-state index in [4.69, 9.17) is 0 Å². The Labute approximate surface area is 175 Å². The number of anilines is 2. The number of aromatic nitrogens is 2. The minimum Gasteiger partial charge on any atom is -0.384 e. The zero-order chi connectivity index (χ0) is 22.1. The number of rotatable bonds is 12. The summed E-state index contributed by atoms with van der Waals surface area (Å²) in [6.45, 7) is 6.19. The van der Waals surface area contributed by atoms with Gasteiger partial charge in [0, 0.05) is 57.6 Å². The van der Waals surface area contributed by atoms with Crippen LogP contribution in [0, 0.1) is 10.1 Å². The second-order valence-electron chi connectivity index (χ2n) is 7.12. The molecule has 164 valence electrons. The van der Waals surface area contributed by atoms with Gasteiger partial charge in [0.05, 0.1) is 4.92 Å². The number of nitrogens with zero attached hydrogens (tertiary/aromatic N) is 4. The minimum absolute atomic E-state index is 0.0782. The number of nitro benzene ring substituents is 1. The smallest absolute Gasteiger partial charge is 0.332 e. The highest BCUT2D eigenvalue weighted by atomic mass is 16.6. The van der Waals surface area contributed by atoms with E-state index in [0.717, 1.165) is 49.3 Å². The van der Waals surface area contributed by atoms with Crippen molar-refractivity contribution in [2.24, 2.45) is 14.1 Å². The summed E-state index contributed by atoms with van der Waals surface area (Å²) in [6.07, 6.45) is 1.90. The molecule has 0 saturated heterocycles. The van der Waals surface area contributed by atoms with E-state index < -0.39 is 4.92 Å². The molecule has 0 spiro atoms. The summed E-state index contributed by atoms with van der Waals surface area (Å²) in [5.41, 5.74) is 0.250. The van der Waals surface area contributed by atoms with E-state index in [9.17, 15) is 19.7 Å². The lowest BCUT2D eigenvalue weighted by Gasteiger charge is -2.22. The van der Waals surface area contributed by atoms with Gasteiger partial charge in [0.2, 0.25) is 0 Å². The van der Waals surface area contributed by atoms with E-state index in [-0.39, 0.29) is 16.9 Å². The Balaban J connectivity index is 1.78. The van der Waals surface area contributed by atoms with Crippen LogP contribution in [-0.2, 0) is 14.1 Å². The van der Waals surface area contributed by atoms with Crippen molar-refractivity contribution >= 4 is 17.2 Å². The standard InChI is InChI=1S/C20H30N6O4/c1-4-12-25(14-11-21-16-6-8-17(9-7-16)26(29)30)13-5-10-22-18-15-19(27)24(3)20(28)23(18)2/h6-9,15,21-22H,4-5,10-14H2,1-3H3. The number of nitrogens with one attached hydrogen (secondary N) is 2. The molecule has 0 aliphatic carbocycles. The van der Waals surface area contributed by atoms with Crippen molar-refractivity contribution < 1.29 is 4.92 Å². The Morgan fingerprint density at radius 3 is 2.33 bits per heavy atom. The molecule has 0 radical (unpaired) electrons. The van der Waals surface area contributed by atoms with Crippen LogP contribution in [-0.4, -0.2) is 51.7 Å². The van der Waals surface area contributed by atoms with Crippen molar-refractivity contribution in [1.82, 2.24) is 14.0 Å². The molecular weight excluding hydrogens is 388 g/mol. The summed E-state index contributed by atoms with van der Waals surface area (Å²) in [7, 11) is 3.10. The summed E-state index contributed by atoms with van der Waals surface area (Å²) in [5.74, 6) is 0.518. The summed E-state index contributed by atoms with van der Waals surface area (Å²) >= 11 is 0. The van der Waals surface area contributed by atoms with Gasteiger partial charge >= 0.3 is 5.69 Å². The molecule has 2 N–H and O–H groups in total. The molecule has 1 heterocycles. The molecule has 10 nitrogen and oxygen atoms in total. The zero-order valence-corrected chi connectivity index (χ0v) is 17.8. The second-order valence-corrected chi connectivity index (χ2v) is 7.12. The first-order valence-corrected chi connectivity index (χ1v) is 10.0. The number of hydrogen-bond donors (Lipinski definition) is 2. The van der Waals surface area contributed by atoms with E-state index in [2.05, 4.69) is 22.5 Å². The summed E-state index contributed by atoms with van der Waals surface area (Å²) in [6, 6.07) is 7.82. The van der Waals surface area contributed by atoms with Gasteiger partial charge in [0.25, 0.3) is 11.2 Å². The maximum absolute atomic E-state index is 12.0. The van der Waals surface area contributed by atoms with Gasteiger partial charge in [-0.1, -0.05) is 6.92 Å². The number of nitro groups is 1. The van der Waals surface area contributed by atoms with Gasteiger partial charge in [-0.15, -0.1) is 0 Å². The van der Waals surface area contributed by atoms with Crippen LogP contribution in [0.5, 0.6) is 0 Å². The molecule has 0 aliphatic heterocycles. The lowest BCUT2D eigenvalue weighted by atomic mass is 10.3. The van der Waals surface area contributed by atoms with Gasteiger partial charge in [0.1, 0.15) is 5.82 Å². The fourth-order valence-corrected chi connectivity index (χ4v) is 3.13. The van der Waals surface area contributed by atoms with Crippen molar-refractivity contribution in [2.45, 2.75) is 19.8 Å². The van der Waals surface area contributed by atoms with Crippen molar-refractivity contribution in [3.63, 3.8) is 0 Å². The zero-order valence-electron chi connectivity index (χ0n) is 17.8. The largest absolute Gasteiger partial charge is 0.384 e. The van der Waals surface area contributed by atoms with Crippen LogP contribution in [0.25, 0.3) is 0 Å². The van der Waals surface area contributed by atoms with E-state index in [1.54, 1.807) is 19.2 Å². The van der Waals surface area contributed by atoms with Gasteiger partial charge in [-0.2, -0.15) is 0 Å². The maximum Gasteiger partial charge on any atom is 0.332 e. The summed E-state index contributed by atoms with van der Waals surface area (Å²) < 4.78 is 2.51. The Kier molecular flexibility index (Phi) is 8.60. The summed E-state index contributed by atoms with van der Waals surface area (Å²) in [4.78, 5) is 36.4. The van der Waals surface area contributed by atoms with E-state index in [0.29, 0.717) is 12.4 Å². The van der Waals surface area contributed by atoms with Crippen LogP contribution in [0.3, 0.4) is 0 Å². The Hall–Kier alpha value is -3.14. The SMILES string of the molecule is CCCN(CCCNc1cc(=O)n(C)c(=O)n1C)CCNc1ccc([N+](=O)[O-])cc1. The van der Waals surface area contributed by atoms with Crippen LogP contribution < -0.4 is 21.9 Å². The van der Waals surface area contributed by atoms with Crippen molar-refractivity contribution in [3.05, 3.63) is 61.3 Å². The molecule has 0 unspecified atom stereocenters. The van der Waals surface area contributed by atoms with Crippen LogP contribution >= 0.6 is 0 Å². The molecule has 0 aliphatic rings. The van der Waals surface area contributed by atoms with Crippen molar-refractivity contribution in [2.75, 3.05) is 43.4 Å². The fraction of sp³-hybridized carbons (Fsp3) is 0.500. The molecule has 0 fully saturated rings. The quantitative estimate of drug-likeness (QED) is 0.306. The molecule has 2 rings (SSSR count). The molecule has 0 bridgehead atoms. The molecule has 1 aromatic carbocycles. The molecule has 0 atom stereocenters. The van der Waals surface area contributed by atoms with Crippen LogP contribution in [0.4, 0.5) is 17.2 Å². The topological polar surface area (TPSA) is 114 Å². The number of hydrogen-bond acceptors (Lipinski definition) is 7. The Morgan fingerprint density at radius 1 is 1.00 bits per heavy atom. The average Bonchev–Trinajstić information content (AvgIpc) is 2.73. The van der Waals surface area contributed by atoms with Crippen molar-refractivity contribution in [3.8, 4) is 0 Å². The van der Waals surface area contributed by atoms with Crippen molar-refractivity contribution in [1.29, 1.82) is 0 Å². The summed E-state index contributed by atoms with van der Waals surface area (Å²) in [5, 5.41) is 17.2. The first-order chi connectivity index (χ1) is 14.3. The lowest BCUT2D eigenvalue weighted by Crippen LogP contribution is -2.37. The minimum atomic E-state index is -0.411. The first-order valence-electron chi connectivity index (χ1n) is 10.0. The average molecular weight is 418 g/mol. The Bertz CT molecular complexity index is 951. The highest BCUT2D eigenvalue weighted by Crippen LogP contribution is 2.15. The number of benzene rings is 1. The van der Waals surface area contributed by atoms with Crippen LogP contribution in [0.1, 0.15) is 19.8 Å². The van der Waals surface area contributed by atoms with E-state index in [1.165, 1.54) is 29.8 Å². The third-order valence-corrected chi connectivity index (χ3v) is 4.86. The molecule has 0 amide bonds. The third kappa shape index (κ3) is 6.45. The monoisotopic (exact) mass is 418 g/mol. The van der Waals surface area contributed by atoms with E-state index in [1.807, 2.05) is 0 Å². The number of non-ortho nitro benzene ring substituents is 1. The van der Waals surface area contributed by atoms with Gasteiger partial charge in [0.15, 0.2) is 0 Å². The highest BCUT2D eigenvalue weighted by Gasteiger charge is 2.07. The molecule has 30 heavy (non-hydrogen) atoms. The van der Waals surface area contributed by atoms with Gasteiger partial charge in [-0.3, -0.25) is 24.0 Å². The normalized spacial score (nSPS) is 10.9.